The molecule has 7 nitrogen and oxygen atoms in total. The Bertz CT molecular complexity index is 945. The first kappa shape index (κ1) is 18.4. The van der Waals surface area contributed by atoms with Gasteiger partial charge in [0.15, 0.2) is 0 Å². The summed E-state index contributed by atoms with van der Waals surface area (Å²) in [5.74, 6) is -0.0432. The van der Waals surface area contributed by atoms with E-state index in [2.05, 4.69) is 15.2 Å². The summed E-state index contributed by atoms with van der Waals surface area (Å²) in [4.78, 5) is 28.5. The van der Waals surface area contributed by atoms with Crippen LogP contribution in [0.4, 0.5) is 0 Å². The summed E-state index contributed by atoms with van der Waals surface area (Å²) in [6.07, 6.45) is 3.87. The first-order valence-electron chi connectivity index (χ1n) is 8.51. The van der Waals surface area contributed by atoms with Crippen molar-refractivity contribution in [1.82, 2.24) is 15.2 Å². The second-order valence-electron chi connectivity index (χ2n) is 6.11. The van der Waals surface area contributed by atoms with Crippen molar-refractivity contribution >= 4 is 5.97 Å². The number of nitrogens with zero attached hydrogens (tertiary/aromatic N) is 1. The van der Waals surface area contributed by atoms with Crippen molar-refractivity contribution in [2.45, 2.75) is 18.8 Å². The molecule has 2 aromatic heterocycles. The van der Waals surface area contributed by atoms with E-state index in [4.69, 9.17) is 9.47 Å². The van der Waals surface area contributed by atoms with Crippen LogP contribution in [0.1, 0.15) is 34.7 Å². The van der Waals surface area contributed by atoms with Crippen LogP contribution in [-0.2, 0) is 16.0 Å². The first-order valence-corrected chi connectivity index (χ1v) is 8.51. The van der Waals surface area contributed by atoms with Gasteiger partial charge in [0.25, 0.3) is 5.56 Å². The lowest BCUT2D eigenvalue weighted by atomic mass is 9.88. The van der Waals surface area contributed by atoms with Crippen molar-refractivity contribution in [2.24, 2.45) is 0 Å². The van der Waals surface area contributed by atoms with Gasteiger partial charge in [-0.1, -0.05) is 12.1 Å². The van der Waals surface area contributed by atoms with Gasteiger partial charge in [-0.25, -0.2) is 0 Å². The Kier molecular flexibility index (Phi) is 5.71. The molecule has 2 N–H and O–H groups in total. The molecule has 2 heterocycles. The lowest BCUT2D eigenvalue weighted by Crippen LogP contribution is -2.18. The fourth-order valence-corrected chi connectivity index (χ4v) is 3.09. The van der Waals surface area contributed by atoms with E-state index >= 15 is 0 Å². The minimum absolute atomic E-state index is 0.0665. The molecule has 0 spiro atoms. The van der Waals surface area contributed by atoms with E-state index in [1.54, 1.807) is 31.6 Å². The van der Waals surface area contributed by atoms with Gasteiger partial charge >= 0.3 is 5.97 Å². The van der Waals surface area contributed by atoms with Crippen LogP contribution in [0.25, 0.3) is 0 Å². The van der Waals surface area contributed by atoms with Gasteiger partial charge < -0.3 is 14.6 Å². The predicted molar refractivity (Wildman–Crippen MR) is 99.9 cm³/mol. The number of hydrogen-bond acceptors (Lipinski definition) is 5. The molecule has 0 aliphatic rings. The number of methoxy groups -OCH3 is 2. The topological polar surface area (TPSA) is 97.1 Å². The highest BCUT2D eigenvalue weighted by Crippen LogP contribution is 2.29. The van der Waals surface area contributed by atoms with E-state index in [0.717, 1.165) is 22.6 Å². The first-order chi connectivity index (χ1) is 13.1. The molecule has 3 aromatic rings. The standard InChI is InChI=1S/C20H21N3O4/c1-26-15-5-3-13(4-6-15)11-17-19(20(25)23-22-17)16(12-18(24)27-2)14-7-9-21-10-8-14/h3-10,16H,11-12H2,1-2H3,(H2,22,23,25)/t16-/m1/s1. The number of benzene rings is 1. The number of aromatic nitrogens is 3. The fourth-order valence-electron chi connectivity index (χ4n) is 3.09. The molecule has 0 aliphatic carbocycles. The average molecular weight is 367 g/mol. The Morgan fingerprint density at radius 1 is 1.07 bits per heavy atom. The van der Waals surface area contributed by atoms with E-state index < -0.39 is 5.92 Å². The average Bonchev–Trinajstić information content (AvgIpc) is 3.07. The second kappa shape index (κ2) is 8.35. The number of aromatic amines is 2. The summed E-state index contributed by atoms with van der Waals surface area (Å²) in [5.41, 5.74) is 2.86. The molecule has 0 amide bonds. The second-order valence-corrected chi connectivity index (χ2v) is 6.11. The number of carbonyl (C=O) groups excluding carboxylic acids is 1. The van der Waals surface area contributed by atoms with Crippen LogP contribution in [0.15, 0.2) is 53.6 Å². The minimum atomic E-state index is -0.427. The van der Waals surface area contributed by atoms with Crippen LogP contribution in [0.3, 0.4) is 0 Å². The van der Waals surface area contributed by atoms with Crippen LogP contribution in [0, 0.1) is 0 Å². The zero-order chi connectivity index (χ0) is 19.2. The summed E-state index contributed by atoms with van der Waals surface area (Å²) in [5, 5.41) is 5.60. The van der Waals surface area contributed by atoms with Crippen LogP contribution in [0.5, 0.6) is 5.75 Å². The molecule has 0 saturated carbocycles. The Labute approximate surface area is 156 Å². The van der Waals surface area contributed by atoms with E-state index in [9.17, 15) is 9.59 Å². The molecule has 0 aliphatic heterocycles. The SMILES string of the molecule is COC(=O)C[C@H](c1ccncc1)c1c(Cc2ccc(OC)cc2)[nH][nH]c1=O. The molecule has 1 atom stereocenters. The van der Waals surface area contributed by atoms with Gasteiger partial charge in [0, 0.05) is 36.0 Å². The number of H-pyrrole nitrogens is 2. The monoisotopic (exact) mass is 367 g/mol. The number of esters is 1. The quantitative estimate of drug-likeness (QED) is 0.625. The van der Waals surface area contributed by atoms with Crippen molar-refractivity contribution in [3.63, 3.8) is 0 Å². The molecule has 0 fully saturated rings. The maximum Gasteiger partial charge on any atom is 0.306 e. The third-order valence-electron chi connectivity index (χ3n) is 4.49. The Morgan fingerprint density at radius 2 is 1.78 bits per heavy atom. The Hall–Kier alpha value is -3.35. The van der Waals surface area contributed by atoms with Gasteiger partial charge in [0.2, 0.25) is 0 Å². The number of hydrogen-bond donors (Lipinski definition) is 2. The number of nitrogens with one attached hydrogen (secondary N) is 2. The van der Waals surface area contributed by atoms with Gasteiger partial charge in [0.1, 0.15) is 5.75 Å². The lowest BCUT2D eigenvalue weighted by Gasteiger charge is -2.16. The predicted octanol–water partition coefficient (Wildman–Crippen LogP) is 2.39. The molecule has 0 unspecified atom stereocenters. The lowest BCUT2D eigenvalue weighted by molar-refractivity contribution is -0.140. The van der Waals surface area contributed by atoms with Crippen LogP contribution < -0.4 is 10.3 Å². The molecule has 140 valence electrons. The van der Waals surface area contributed by atoms with E-state index in [1.165, 1.54) is 7.11 Å². The molecular formula is C20H21N3O4. The molecule has 27 heavy (non-hydrogen) atoms. The minimum Gasteiger partial charge on any atom is -0.497 e. The Balaban J connectivity index is 1.98. The fraction of sp³-hybridized carbons (Fsp3) is 0.250. The number of pyridine rings is 1. The third-order valence-corrected chi connectivity index (χ3v) is 4.49. The number of ether oxygens (including phenoxy) is 2. The Morgan fingerprint density at radius 3 is 2.41 bits per heavy atom. The molecule has 0 saturated heterocycles. The highest BCUT2D eigenvalue weighted by Gasteiger charge is 2.25. The molecule has 7 heteroatoms. The van der Waals surface area contributed by atoms with Crippen molar-refractivity contribution in [3.05, 3.63) is 81.5 Å². The molecule has 3 rings (SSSR count). The maximum atomic E-state index is 12.5. The van der Waals surface area contributed by atoms with Crippen LogP contribution in [0.2, 0.25) is 0 Å². The van der Waals surface area contributed by atoms with Gasteiger partial charge in [-0.3, -0.25) is 19.7 Å². The highest BCUT2D eigenvalue weighted by molar-refractivity contribution is 5.71. The van der Waals surface area contributed by atoms with Gasteiger partial charge in [0.05, 0.1) is 20.6 Å². The van der Waals surface area contributed by atoms with Crippen LogP contribution in [-0.4, -0.2) is 35.4 Å². The van der Waals surface area contributed by atoms with Crippen molar-refractivity contribution in [2.75, 3.05) is 14.2 Å². The zero-order valence-corrected chi connectivity index (χ0v) is 15.2. The molecule has 1 aromatic carbocycles. The normalized spacial score (nSPS) is 11.8. The zero-order valence-electron chi connectivity index (χ0n) is 15.2. The summed E-state index contributed by atoms with van der Waals surface area (Å²) in [7, 11) is 2.95. The smallest absolute Gasteiger partial charge is 0.306 e. The third kappa shape index (κ3) is 4.25. The van der Waals surface area contributed by atoms with E-state index in [1.807, 2.05) is 24.3 Å². The summed E-state index contributed by atoms with van der Waals surface area (Å²) in [6, 6.07) is 11.2. The van der Waals surface area contributed by atoms with Crippen molar-refractivity contribution < 1.29 is 14.3 Å². The molecular weight excluding hydrogens is 346 g/mol. The molecule has 0 radical (unpaired) electrons. The number of carbonyl (C=O) groups is 1. The van der Waals surface area contributed by atoms with Crippen molar-refractivity contribution in [3.8, 4) is 5.75 Å². The summed E-state index contributed by atoms with van der Waals surface area (Å²) in [6.45, 7) is 0. The largest absolute Gasteiger partial charge is 0.497 e. The molecule has 0 bridgehead atoms. The van der Waals surface area contributed by atoms with Gasteiger partial charge in [-0.15, -0.1) is 0 Å². The maximum absolute atomic E-state index is 12.5. The highest BCUT2D eigenvalue weighted by atomic mass is 16.5. The van der Waals surface area contributed by atoms with Crippen LogP contribution >= 0.6 is 0 Å². The van der Waals surface area contributed by atoms with Gasteiger partial charge in [-0.2, -0.15) is 0 Å². The summed E-state index contributed by atoms with van der Waals surface area (Å²) >= 11 is 0. The number of rotatable bonds is 7. The van der Waals surface area contributed by atoms with E-state index in [-0.39, 0.29) is 17.9 Å². The van der Waals surface area contributed by atoms with E-state index in [0.29, 0.717) is 12.0 Å². The van der Waals surface area contributed by atoms with Crippen molar-refractivity contribution in [1.29, 1.82) is 0 Å². The van der Waals surface area contributed by atoms with Gasteiger partial charge in [-0.05, 0) is 35.4 Å². The summed E-state index contributed by atoms with van der Waals surface area (Å²) < 4.78 is 10.0.